The lowest BCUT2D eigenvalue weighted by Crippen LogP contribution is -2.53. The molecule has 3 aliphatic carbocycles. The summed E-state index contributed by atoms with van der Waals surface area (Å²) in [5, 5.41) is 3.97. The number of nitrogens with one attached hydrogen (secondary N) is 1. The number of benzene rings is 2. The topological polar surface area (TPSA) is 12.0 Å². The molecular weight excluding hydrogens is 390 g/mol. The average molecular weight is 430 g/mol. The molecule has 1 heterocycles. The lowest BCUT2D eigenvalue weighted by atomic mass is 9.64. The fourth-order valence-corrected chi connectivity index (χ4v) is 14.9. The molecule has 1 saturated heterocycles. The molecule has 2 aromatic rings. The van der Waals surface area contributed by atoms with Gasteiger partial charge in [0.15, 0.2) is 0 Å². The third-order valence-corrected chi connectivity index (χ3v) is 15.0. The second-order valence-corrected chi connectivity index (χ2v) is 16.8. The first-order chi connectivity index (χ1) is 15.0. The number of piperidine rings is 1. The van der Waals surface area contributed by atoms with Gasteiger partial charge in [0.25, 0.3) is 0 Å². The Hall–Kier alpha value is -1.38. The monoisotopic (exact) mass is 429 g/mol. The van der Waals surface area contributed by atoms with Crippen molar-refractivity contribution >= 4 is 8.07 Å². The van der Waals surface area contributed by atoms with Gasteiger partial charge in [0.2, 0.25) is 0 Å². The molecule has 2 heteroatoms. The molecule has 0 aromatic heterocycles. The Morgan fingerprint density at radius 2 is 1.45 bits per heavy atom. The standard InChI is InChI=1S/C29H39NSi/c1-18-16-25-19(2)20-14-9-15-30-27(20)17-26(25)28(18)31(3,4)29-23-12-7-5-10-21(23)22-11-6-8-13-24(22)29/h5-8,10-13,18-20,25-30H,9,14-17H2,1-4H3. The third kappa shape index (κ3) is 2.90. The first-order valence-electron chi connectivity index (χ1n) is 12.9. The normalized spacial score (nSPS) is 37.1. The van der Waals surface area contributed by atoms with Gasteiger partial charge in [-0.05, 0) is 89.6 Å². The van der Waals surface area contributed by atoms with E-state index < -0.39 is 8.07 Å². The summed E-state index contributed by atoms with van der Waals surface area (Å²) in [5.41, 5.74) is 7.86. The van der Waals surface area contributed by atoms with E-state index in [2.05, 4.69) is 80.8 Å². The van der Waals surface area contributed by atoms with E-state index in [9.17, 15) is 0 Å². The van der Waals surface area contributed by atoms with E-state index in [0.717, 1.165) is 41.2 Å². The minimum absolute atomic E-state index is 0.651. The minimum Gasteiger partial charge on any atom is -0.314 e. The largest absolute Gasteiger partial charge is 0.314 e. The van der Waals surface area contributed by atoms with Crippen LogP contribution in [-0.4, -0.2) is 20.7 Å². The molecule has 2 saturated carbocycles. The minimum atomic E-state index is -1.62. The number of hydrogen-bond donors (Lipinski definition) is 1. The molecule has 31 heavy (non-hydrogen) atoms. The Labute approximate surface area is 190 Å². The van der Waals surface area contributed by atoms with Crippen molar-refractivity contribution in [3.63, 3.8) is 0 Å². The summed E-state index contributed by atoms with van der Waals surface area (Å²) in [6.07, 6.45) is 5.77. The van der Waals surface area contributed by atoms with Crippen LogP contribution in [0.5, 0.6) is 0 Å². The molecule has 0 spiro atoms. The first kappa shape index (κ1) is 20.2. The summed E-state index contributed by atoms with van der Waals surface area (Å²) < 4.78 is 0. The average Bonchev–Trinajstić information content (AvgIpc) is 3.29. The van der Waals surface area contributed by atoms with E-state index in [1.165, 1.54) is 43.4 Å². The fraction of sp³-hybridized carbons (Fsp3) is 0.586. The molecule has 7 unspecified atom stereocenters. The van der Waals surface area contributed by atoms with Crippen LogP contribution in [0.15, 0.2) is 48.5 Å². The van der Waals surface area contributed by atoms with Gasteiger partial charge >= 0.3 is 0 Å². The highest BCUT2D eigenvalue weighted by atomic mass is 28.3. The molecule has 2 aromatic carbocycles. The smallest absolute Gasteiger partial charge is 0.0640 e. The van der Waals surface area contributed by atoms with Crippen molar-refractivity contribution in [3.8, 4) is 11.1 Å². The lowest BCUT2D eigenvalue weighted by Gasteiger charge is -2.50. The molecule has 0 bridgehead atoms. The van der Waals surface area contributed by atoms with Crippen molar-refractivity contribution in [3.05, 3.63) is 59.7 Å². The Bertz CT molecular complexity index is 935. The summed E-state index contributed by atoms with van der Waals surface area (Å²) in [7, 11) is -1.62. The molecule has 164 valence electrons. The summed E-state index contributed by atoms with van der Waals surface area (Å²) in [6, 6.07) is 19.5. The van der Waals surface area contributed by atoms with E-state index >= 15 is 0 Å². The molecule has 0 amide bonds. The molecule has 1 nitrogen and oxygen atoms in total. The highest BCUT2D eigenvalue weighted by Crippen LogP contribution is 2.63. The van der Waals surface area contributed by atoms with Gasteiger partial charge < -0.3 is 5.32 Å². The molecular formula is C29H39NSi. The van der Waals surface area contributed by atoms with Gasteiger partial charge in [-0.25, -0.2) is 0 Å². The maximum Gasteiger partial charge on any atom is 0.0640 e. The van der Waals surface area contributed by atoms with E-state index in [0.29, 0.717) is 5.54 Å². The zero-order chi connectivity index (χ0) is 21.3. The van der Waals surface area contributed by atoms with Crippen LogP contribution in [0.3, 0.4) is 0 Å². The summed E-state index contributed by atoms with van der Waals surface area (Å²) in [4.78, 5) is 0. The van der Waals surface area contributed by atoms with Crippen LogP contribution >= 0.6 is 0 Å². The van der Waals surface area contributed by atoms with E-state index in [1.807, 2.05) is 0 Å². The van der Waals surface area contributed by atoms with Crippen LogP contribution in [0, 0.1) is 29.6 Å². The van der Waals surface area contributed by atoms with E-state index in [4.69, 9.17) is 0 Å². The Morgan fingerprint density at radius 1 is 0.806 bits per heavy atom. The molecule has 1 aliphatic heterocycles. The molecule has 6 rings (SSSR count). The van der Waals surface area contributed by atoms with Gasteiger partial charge in [0.05, 0.1) is 8.07 Å². The van der Waals surface area contributed by atoms with Gasteiger partial charge in [0, 0.05) is 11.6 Å². The van der Waals surface area contributed by atoms with Crippen LogP contribution in [0.2, 0.25) is 18.6 Å². The molecule has 7 atom stereocenters. The zero-order valence-electron chi connectivity index (χ0n) is 19.8. The summed E-state index contributed by atoms with van der Waals surface area (Å²) in [6.45, 7) is 12.0. The Morgan fingerprint density at radius 3 is 2.13 bits per heavy atom. The van der Waals surface area contributed by atoms with Gasteiger partial charge in [-0.3, -0.25) is 0 Å². The van der Waals surface area contributed by atoms with Gasteiger partial charge in [0.1, 0.15) is 0 Å². The summed E-state index contributed by atoms with van der Waals surface area (Å²) in [5.74, 6) is 4.59. The van der Waals surface area contributed by atoms with Crippen LogP contribution in [0.25, 0.3) is 11.1 Å². The molecule has 4 aliphatic rings. The zero-order valence-corrected chi connectivity index (χ0v) is 20.8. The highest BCUT2D eigenvalue weighted by molar-refractivity contribution is 6.81. The van der Waals surface area contributed by atoms with Crippen LogP contribution in [0.1, 0.15) is 56.2 Å². The van der Waals surface area contributed by atoms with E-state index in [1.54, 1.807) is 11.1 Å². The van der Waals surface area contributed by atoms with Gasteiger partial charge in [-0.2, -0.15) is 0 Å². The fourth-order valence-electron chi connectivity index (χ4n) is 9.28. The maximum atomic E-state index is 3.97. The summed E-state index contributed by atoms with van der Waals surface area (Å²) >= 11 is 0. The Balaban J connectivity index is 1.41. The van der Waals surface area contributed by atoms with Crippen molar-refractivity contribution < 1.29 is 0 Å². The predicted octanol–water partition coefficient (Wildman–Crippen LogP) is 7.10. The van der Waals surface area contributed by atoms with Crippen LogP contribution in [-0.2, 0) is 0 Å². The number of rotatable bonds is 2. The third-order valence-electron chi connectivity index (χ3n) is 10.2. The van der Waals surface area contributed by atoms with Crippen molar-refractivity contribution in [1.82, 2.24) is 5.32 Å². The first-order valence-corrected chi connectivity index (χ1v) is 16.1. The van der Waals surface area contributed by atoms with Crippen LogP contribution < -0.4 is 5.32 Å². The van der Waals surface area contributed by atoms with E-state index in [-0.39, 0.29) is 0 Å². The molecule has 3 fully saturated rings. The lowest BCUT2D eigenvalue weighted by molar-refractivity contribution is 0.0626. The highest BCUT2D eigenvalue weighted by Gasteiger charge is 2.58. The quantitative estimate of drug-likeness (QED) is 0.502. The second kappa shape index (κ2) is 7.32. The Kier molecular flexibility index (Phi) is 4.78. The van der Waals surface area contributed by atoms with Crippen molar-refractivity contribution in [2.75, 3.05) is 6.54 Å². The van der Waals surface area contributed by atoms with Crippen molar-refractivity contribution in [2.45, 2.75) is 69.7 Å². The van der Waals surface area contributed by atoms with Crippen molar-refractivity contribution in [1.29, 1.82) is 0 Å². The predicted molar refractivity (Wildman–Crippen MR) is 134 cm³/mol. The number of fused-ring (bicyclic) bond motifs is 5. The van der Waals surface area contributed by atoms with Gasteiger partial charge in [-0.1, -0.05) is 75.5 Å². The van der Waals surface area contributed by atoms with Gasteiger partial charge in [-0.15, -0.1) is 0 Å². The molecule has 1 N–H and O–H groups in total. The molecule has 0 radical (unpaired) electrons. The SMILES string of the molecule is CC1CC2C(C)C3CCCNC3CC2C1[Si](C)(C)C1c2ccccc2-c2ccccc21. The van der Waals surface area contributed by atoms with Crippen molar-refractivity contribution in [2.24, 2.45) is 29.6 Å². The second-order valence-electron chi connectivity index (χ2n) is 12.0. The maximum absolute atomic E-state index is 3.97. The van der Waals surface area contributed by atoms with Crippen LogP contribution in [0.4, 0.5) is 0 Å². The number of hydrogen-bond acceptors (Lipinski definition) is 1.